The lowest BCUT2D eigenvalue weighted by Crippen LogP contribution is -2.54. The highest BCUT2D eigenvalue weighted by Gasteiger charge is 2.43. The van der Waals surface area contributed by atoms with Crippen LogP contribution in [0.25, 0.3) is 0 Å². The summed E-state index contributed by atoms with van der Waals surface area (Å²) < 4.78 is 1.01. The summed E-state index contributed by atoms with van der Waals surface area (Å²) in [7, 11) is 2.24. The van der Waals surface area contributed by atoms with E-state index in [1.54, 1.807) is 0 Å². The van der Waals surface area contributed by atoms with Crippen LogP contribution in [0.3, 0.4) is 0 Å². The molecule has 0 aromatic rings. The molecule has 2 saturated heterocycles. The van der Waals surface area contributed by atoms with Crippen LogP contribution in [0, 0.1) is 11.8 Å². The molecule has 9 heavy (non-hydrogen) atoms. The number of fused-ring (bicyclic) bond motifs is 2. The molecule has 2 unspecified atom stereocenters. The summed E-state index contributed by atoms with van der Waals surface area (Å²) in [5.74, 6) is 2.07. The fraction of sp³-hybridized carbons (Fsp3) is 1.00. The molecule has 0 spiro atoms. The number of alkyl halides is 1. The average Bonchev–Trinajstić information content (AvgIpc) is 1.87. The highest BCUT2D eigenvalue weighted by molar-refractivity contribution is 14.1. The second-order valence-corrected chi connectivity index (χ2v) is 4.86. The molecule has 3 rings (SSSR count). The lowest BCUT2D eigenvalue weighted by molar-refractivity contribution is 0.0610. The van der Waals surface area contributed by atoms with Gasteiger partial charge in [-0.1, -0.05) is 22.6 Å². The highest BCUT2D eigenvalue weighted by atomic mass is 127. The van der Waals surface area contributed by atoms with E-state index in [9.17, 15) is 0 Å². The van der Waals surface area contributed by atoms with Crippen molar-refractivity contribution in [1.82, 2.24) is 4.90 Å². The Kier molecular flexibility index (Phi) is 1.49. The molecule has 2 heteroatoms. The Morgan fingerprint density at radius 3 is 2.22 bits per heavy atom. The van der Waals surface area contributed by atoms with Gasteiger partial charge in [-0.25, -0.2) is 0 Å². The zero-order chi connectivity index (χ0) is 6.43. The lowest BCUT2D eigenvalue weighted by Gasteiger charge is -2.50. The van der Waals surface area contributed by atoms with Gasteiger partial charge in [0, 0.05) is 17.0 Å². The Balaban J connectivity index is 2.01. The van der Waals surface area contributed by atoms with Crippen LogP contribution < -0.4 is 0 Å². The van der Waals surface area contributed by atoms with Crippen molar-refractivity contribution in [2.75, 3.05) is 20.1 Å². The third kappa shape index (κ3) is 0.909. The first-order valence-corrected chi connectivity index (χ1v) is 4.84. The van der Waals surface area contributed by atoms with Gasteiger partial charge in [-0.15, -0.1) is 0 Å². The Morgan fingerprint density at radius 2 is 1.89 bits per heavy atom. The minimum Gasteiger partial charge on any atom is -0.306 e. The lowest BCUT2D eigenvalue weighted by atomic mass is 9.71. The van der Waals surface area contributed by atoms with Gasteiger partial charge in [-0.2, -0.15) is 0 Å². The SMILES string of the molecule is CN1CC2CC(C1)C2I. The molecule has 1 saturated carbocycles. The van der Waals surface area contributed by atoms with Crippen molar-refractivity contribution in [2.24, 2.45) is 11.8 Å². The number of halogens is 1. The number of hydrogen-bond donors (Lipinski definition) is 0. The van der Waals surface area contributed by atoms with E-state index in [4.69, 9.17) is 0 Å². The van der Waals surface area contributed by atoms with E-state index < -0.39 is 0 Å². The van der Waals surface area contributed by atoms with E-state index in [2.05, 4.69) is 34.5 Å². The third-order valence-electron chi connectivity index (χ3n) is 2.60. The maximum absolute atomic E-state index is 2.62. The molecular weight excluding hydrogens is 225 g/mol. The summed E-state index contributed by atoms with van der Waals surface area (Å²) in [4.78, 5) is 2.47. The van der Waals surface area contributed by atoms with Gasteiger partial charge >= 0.3 is 0 Å². The molecule has 0 aromatic carbocycles. The van der Waals surface area contributed by atoms with Gasteiger partial charge < -0.3 is 4.90 Å². The van der Waals surface area contributed by atoms with Crippen LogP contribution in [0.1, 0.15) is 6.42 Å². The highest BCUT2D eigenvalue weighted by Crippen LogP contribution is 2.44. The summed E-state index contributed by atoms with van der Waals surface area (Å²) in [5, 5.41) is 0. The number of piperidine rings is 2. The van der Waals surface area contributed by atoms with Crippen LogP contribution in [0.5, 0.6) is 0 Å². The minimum atomic E-state index is 1.01. The van der Waals surface area contributed by atoms with Gasteiger partial charge in [0.05, 0.1) is 0 Å². The normalized spacial score (nSPS) is 50.7. The molecule has 2 bridgehead atoms. The van der Waals surface area contributed by atoms with Crippen LogP contribution >= 0.6 is 22.6 Å². The smallest absolute Gasteiger partial charge is 0.0191 e. The quantitative estimate of drug-likeness (QED) is 0.454. The van der Waals surface area contributed by atoms with Crippen molar-refractivity contribution < 1.29 is 0 Å². The fourth-order valence-electron chi connectivity index (χ4n) is 2.06. The molecule has 0 aromatic heterocycles. The first kappa shape index (κ1) is 6.40. The van der Waals surface area contributed by atoms with Gasteiger partial charge in [0.25, 0.3) is 0 Å². The van der Waals surface area contributed by atoms with Gasteiger partial charge in [0.15, 0.2) is 0 Å². The zero-order valence-corrected chi connectivity index (χ0v) is 7.84. The van der Waals surface area contributed by atoms with Crippen LogP contribution in [0.4, 0.5) is 0 Å². The number of nitrogens with zero attached hydrogens (tertiary/aromatic N) is 1. The monoisotopic (exact) mass is 237 g/mol. The van der Waals surface area contributed by atoms with E-state index >= 15 is 0 Å². The molecular formula is C7H12IN. The van der Waals surface area contributed by atoms with Crippen molar-refractivity contribution in [3.05, 3.63) is 0 Å². The van der Waals surface area contributed by atoms with Crippen LogP contribution in [-0.4, -0.2) is 29.0 Å². The molecule has 3 fully saturated rings. The molecule has 52 valence electrons. The Labute approximate surface area is 69.9 Å². The van der Waals surface area contributed by atoms with Crippen molar-refractivity contribution in [2.45, 2.75) is 10.3 Å². The molecule has 2 aliphatic heterocycles. The molecule has 1 nitrogen and oxygen atoms in total. The predicted octanol–water partition coefficient (Wildman–Crippen LogP) is 1.37. The Hall–Kier alpha value is 0.690. The standard InChI is InChI=1S/C7H12IN/c1-9-3-5-2-6(4-9)7(5)8/h5-7H,2-4H2,1H3. The van der Waals surface area contributed by atoms with E-state index in [0.29, 0.717) is 0 Å². The van der Waals surface area contributed by atoms with Crippen molar-refractivity contribution >= 4 is 22.6 Å². The van der Waals surface area contributed by atoms with E-state index in [1.807, 2.05) is 0 Å². The van der Waals surface area contributed by atoms with Crippen LogP contribution in [0.15, 0.2) is 0 Å². The summed E-state index contributed by atoms with van der Waals surface area (Å²) in [6.07, 6.45) is 1.51. The third-order valence-corrected chi connectivity index (χ3v) is 4.63. The first-order valence-electron chi connectivity index (χ1n) is 3.60. The van der Waals surface area contributed by atoms with Crippen LogP contribution in [0.2, 0.25) is 0 Å². The Morgan fingerprint density at radius 1 is 1.33 bits per heavy atom. The van der Waals surface area contributed by atoms with Gasteiger partial charge in [0.1, 0.15) is 0 Å². The number of rotatable bonds is 0. The molecule has 2 atom stereocenters. The maximum atomic E-state index is 2.62. The Bertz CT molecular complexity index is 114. The van der Waals surface area contributed by atoms with Crippen molar-refractivity contribution in [3.8, 4) is 0 Å². The van der Waals surface area contributed by atoms with Crippen molar-refractivity contribution in [3.63, 3.8) is 0 Å². The first-order chi connectivity index (χ1) is 4.27. The van der Waals surface area contributed by atoms with E-state index in [0.717, 1.165) is 15.8 Å². The molecule has 0 N–H and O–H groups in total. The number of hydrogen-bond acceptors (Lipinski definition) is 1. The summed E-state index contributed by atoms with van der Waals surface area (Å²) in [6, 6.07) is 0. The molecule has 3 aliphatic rings. The van der Waals surface area contributed by atoms with Crippen LogP contribution in [-0.2, 0) is 0 Å². The molecule has 1 aliphatic carbocycles. The van der Waals surface area contributed by atoms with E-state index in [-0.39, 0.29) is 0 Å². The predicted molar refractivity (Wildman–Crippen MR) is 46.9 cm³/mol. The second kappa shape index (κ2) is 2.09. The average molecular weight is 237 g/mol. The van der Waals surface area contributed by atoms with E-state index in [1.165, 1.54) is 19.5 Å². The molecule has 2 heterocycles. The largest absolute Gasteiger partial charge is 0.306 e. The van der Waals surface area contributed by atoms with Gasteiger partial charge in [0.2, 0.25) is 0 Å². The van der Waals surface area contributed by atoms with Gasteiger partial charge in [-0.3, -0.25) is 0 Å². The minimum absolute atomic E-state index is 1.01. The van der Waals surface area contributed by atoms with Gasteiger partial charge in [-0.05, 0) is 25.3 Å². The maximum Gasteiger partial charge on any atom is 0.0191 e. The topological polar surface area (TPSA) is 3.24 Å². The second-order valence-electron chi connectivity index (χ2n) is 3.42. The summed E-state index contributed by atoms with van der Waals surface area (Å²) in [6.45, 7) is 2.70. The molecule has 0 radical (unpaired) electrons. The van der Waals surface area contributed by atoms with Crippen molar-refractivity contribution in [1.29, 1.82) is 0 Å². The fourth-order valence-corrected chi connectivity index (χ4v) is 3.11. The summed E-state index contributed by atoms with van der Waals surface area (Å²) in [5.41, 5.74) is 0. The summed E-state index contributed by atoms with van der Waals surface area (Å²) >= 11 is 2.62. The zero-order valence-electron chi connectivity index (χ0n) is 5.68. The molecule has 0 amide bonds.